The first-order valence-electron chi connectivity index (χ1n) is 10.7. The lowest BCUT2D eigenvalue weighted by Gasteiger charge is -2.19. The first kappa shape index (κ1) is 22.9. The number of carboxylic acid groups (broad SMARTS) is 1. The van der Waals surface area contributed by atoms with Crippen LogP contribution in [0.15, 0.2) is 57.0 Å². The molecule has 2 aromatic carbocycles. The Morgan fingerprint density at radius 3 is 2.60 bits per heavy atom. The van der Waals surface area contributed by atoms with Crippen LogP contribution in [0.2, 0.25) is 0 Å². The van der Waals surface area contributed by atoms with Crippen molar-refractivity contribution in [3.05, 3.63) is 95.4 Å². The molecule has 0 spiro atoms. The van der Waals surface area contributed by atoms with Gasteiger partial charge in [0.05, 0.1) is 21.9 Å². The molecule has 0 fully saturated rings. The topological polar surface area (TPSA) is 103 Å². The number of hydrogen-bond acceptors (Lipinski definition) is 5. The molecular weight excluding hydrogens is 480 g/mol. The second-order valence-electron chi connectivity index (χ2n) is 8.57. The van der Waals surface area contributed by atoms with E-state index in [-0.39, 0.29) is 29.0 Å². The van der Waals surface area contributed by atoms with E-state index in [2.05, 4.69) is 0 Å². The molecule has 0 saturated heterocycles. The molecule has 8 nitrogen and oxygen atoms in total. The smallest absolute Gasteiger partial charge is 0.342 e. The predicted octanol–water partition coefficient (Wildman–Crippen LogP) is 3.26. The van der Waals surface area contributed by atoms with Gasteiger partial charge < -0.3 is 9.67 Å². The molecule has 2 heterocycles. The van der Waals surface area contributed by atoms with Crippen LogP contribution in [0.25, 0.3) is 15.9 Å². The van der Waals surface area contributed by atoms with E-state index in [1.165, 1.54) is 16.7 Å². The average Bonchev–Trinajstić information content (AvgIpc) is 3.33. The Hall–Kier alpha value is -3.86. The third-order valence-corrected chi connectivity index (χ3v) is 7.42. The van der Waals surface area contributed by atoms with Gasteiger partial charge in [-0.15, -0.1) is 0 Å². The van der Waals surface area contributed by atoms with Crippen molar-refractivity contribution in [2.75, 3.05) is 0 Å². The van der Waals surface area contributed by atoms with Crippen LogP contribution in [0, 0.1) is 0 Å². The summed E-state index contributed by atoms with van der Waals surface area (Å²) in [5, 5.41) is 9.68. The molecule has 4 aromatic rings. The van der Waals surface area contributed by atoms with Crippen LogP contribution in [0.4, 0.5) is 8.78 Å². The quantitative estimate of drug-likeness (QED) is 0.464. The van der Waals surface area contributed by atoms with E-state index in [1.54, 1.807) is 31.3 Å². The van der Waals surface area contributed by atoms with Gasteiger partial charge in [-0.25, -0.2) is 18.4 Å². The molecule has 0 aliphatic heterocycles. The summed E-state index contributed by atoms with van der Waals surface area (Å²) in [5.41, 5.74) is -0.937. The number of benzene rings is 2. The Labute approximate surface area is 199 Å². The second-order valence-corrected chi connectivity index (χ2v) is 9.56. The van der Waals surface area contributed by atoms with Crippen molar-refractivity contribution in [1.29, 1.82) is 0 Å². The van der Waals surface area contributed by atoms with Gasteiger partial charge in [0.2, 0.25) is 0 Å². The van der Waals surface area contributed by atoms with Crippen LogP contribution in [0.5, 0.6) is 0 Å². The van der Waals surface area contributed by atoms with Gasteiger partial charge in [-0.3, -0.25) is 18.7 Å². The number of aromatic carboxylic acids is 1. The molecular formula is C24H19F2N3O5S. The highest BCUT2D eigenvalue weighted by Gasteiger charge is 2.35. The fourth-order valence-corrected chi connectivity index (χ4v) is 5.68. The number of alkyl halides is 2. The summed E-state index contributed by atoms with van der Waals surface area (Å²) < 4.78 is 32.3. The molecule has 180 valence electrons. The number of halogens is 2. The third-order valence-electron chi connectivity index (χ3n) is 6.43. The highest BCUT2D eigenvalue weighted by atomic mass is 32.1. The normalized spacial score (nSPS) is 15.5. The molecule has 2 aromatic heterocycles. The van der Waals surface area contributed by atoms with Crippen LogP contribution in [-0.4, -0.2) is 24.8 Å². The third kappa shape index (κ3) is 3.54. The minimum atomic E-state index is -3.11. The maximum Gasteiger partial charge on any atom is 0.342 e. The number of carbonyl (C=O) groups is 1. The maximum absolute atomic E-state index is 14.2. The van der Waals surface area contributed by atoms with Crippen molar-refractivity contribution in [3.63, 3.8) is 0 Å². The zero-order valence-electron chi connectivity index (χ0n) is 18.6. The number of fused-ring (bicyclic) bond motifs is 2. The zero-order valence-corrected chi connectivity index (χ0v) is 19.4. The molecule has 1 N–H and O–H groups in total. The van der Waals surface area contributed by atoms with Crippen molar-refractivity contribution >= 4 is 27.5 Å². The van der Waals surface area contributed by atoms with Crippen molar-refractivity contribution in [3.8, 4) is 5.69 Å². The number of aryl methyl sites for hydroxylation is 1. The van der Waals surface area contributed by atoms with E-state index in [1.807, 2.05) is 0 Å². The summed E-state index contributed by atoms with van der Waals surface area (Å²) in [5.74, 6) is -4.63. The van der Waals surface area contributed by atoms with Gasteiger partial charge in [0.25, 0.3) is 11.5 Å². The maximum atomic E-state index is 14.2. The lowest BCUT2D eigenvalue weighted by atomic mass is 9.98. The Bertz CT molecular complexity index is 1710. The van der Waals surface area contributed by atoms with Crippen molar-refractivity contribution in [1.82, 2.24) is 13.7 Å². The van der Waals surface area contributed by atoms with Crippen molar-refractivity contribution in [2.45, 2.75) is 31.7 Å². The molecule has 1 aliphatic carbocycles. The minimum absolute atomic E-state index is 0.176. The molecule has 1 aliphatic rings. The summed E-state index contributed by atoms with van der Waals surface area (Å²) in [6.45, 7) is 0.786. The number of nitrogens with zero attached hydrogens (tertiary/aromatic N) is 3. The Morgan fingerprint density at radius 1 is 1.17 bits per heavy atom. The van der Waals surface area contributed by atoms with E-state index in [4.69, 9.17) is 0 Å². The van der Waals surface area contributed by atoms with Crippen molar-refractivity contribution < 1.29 is 18.7 Å². The second kappa shape index (κ2) is 7.84. The summed E-state index contributed by atoms with van der Waals surface area (Å²) in [6.07, 6.45) is 1.37. The minimum Gasteiger partial charge on any atom is -0.477 e. The molecule has 35 heavy (non-hydrogen) atoms. The van der Waals surface area contributed by atoms with Gasteiger partial charge in [-0.1, -0.05) is 29.5 Å². The fourth-order valence-electron chi connectivity index (χ4n) is 4.76. The first-order chi connectivity index (χ1) is 16.5. The Balaban J connectivity index is 1.76. The lowest BCUT2D eigenvalue weighted by Crippen LogP contribution is -2.43. The van der Waals surface area contributed by atoms with Gasteiger partial charge in [0.1, 0.15) is 5.56 Å². The highest BCUT2D eigenvalue weighted by molar-refractivity contribution is 7.16. The molecule has 5 rings (SSSR count). The fraction of sp³-hybridized carbons (Fsp3) is 0.250. The van der Waals surface area contributed by atoms with Crippen LogP contribution in [0.3, 0.4) is 0 Å². The average molecular weight is 499 g/mol. The molecule has 0 amide bonds. The van der Waals surface area contributed by atoms with Gasteiger partial charge >= 0.3 is 16.5 Å². The van der Waals surface area contributed by atoms with Gasteiger partial charge in [-0.2, -0.15) is 0 Å². The summed E-state index contributed by atoms with van der Waals surface area (Å²) in [6, 6.07) is 8.20. The molecule has 0 saturated carbocycles. The monoisotopic (exact) mass is 499 g/mol. The van der Waals surface area contributed by atoms with E-state index in [9.17, 15) is 33.1 Å². The molecule has 0 unspecified atom stereocenters. The van der Waals surface area contributed by atoms with Gasteiger partial charge in [0, 0.05) is 25.7 Å². The van der Waals surface area contributed by atoms with E-state index < -0.39 is 34.7 Å². The van der Waals surface area contributed by atoms with E-state index in [0.29, 0.717) is 21.3 Å². The zero-order chi connectivity index (χ0) is 25.2. The highest BCUT2D eigenvalue weighted by Crippen LogP contribution is 2.40. The SMILES string of the molecule is Cn1c(=O)sc2cc(-n3cc(C(=O)O)c(=O)n([C@@H]4CCc5c4cccc5C(C)(F)F)c3=O)ccc21. The summed E-state index contributed by atoms with van der Waals surface area (Å²) >= 11 is 0.967. The predicted molar refractivity (Wildman–Crippen MR) is 126 cm³/mol. The number of carboxylic acids is 1. The molecule has 0 radical (unpaired) electrons. The number of thiazole rings is 1. The van der Waals surface area contributed by atoms with Crippen LogP contribution < -0.4 is 16.1 Å². The largest absolute Gasteiger partial charge is 0.477 e. The number of rotatable bonds is 4. The Kier molecular flexibility index (Phi) is 5.13. The van der Waals surface area contributed by atoms with Gasteiger partial charge in [-0.05, 0) is 42.2 Å². The first-order valence-corrected chi connectivity index (χ1v) is 11.5. The molecule has 11 heteroatoms. The number of hydrogen-bond donors (Lipinski definition) is 1. The van der Waals surface area contributed by atoms with Crippen LogP contribution in [-0.2, 0) is 19.4 Å². The number of aromatic nitrogens is 3. The standard InChI is InChI=1S/C24H19F2N3O5S/c1-24(25,26)16-5-3-4-14-13(16)7-9-17(14)29-20(30)15(21(31)32)11-28(22(29)33)12-6-8-18-19(10-12)35-23(34)27(18)2/h3-6,8,10-11,17H,7,9H2,1-2H3,(H,31,32)/t17-/m1/s1. The molecule has 1 atom stereocenters. The summed E-state index contributed by atoms with van der Waals surface area (Å²) in [7, 11) is 1.61. The molecule has 0 bridgehead atoms. The van der Waals surface area contributed by atoms with Crippen molar-refractivity contribution in [2.24, 2.45) is 7.05 Å². The summed E-state index contributed by atoms with van der Waals surface area (Å²) in [4.78, 5) is 50.4. The lowest BCUT2D eigenvalue weighted by molar-refractivity contribution is 0.0166. The van der Waals surface area contributed by atoms with Crippen LogP contribution in [0.1, 0.15) is 46.4 Å². The van der Waals surface area contributed by atoms with E-state index in [0.717, 1.165) is 33.6 Å². The Morgan fingerprint density at radius 2 is 1.91 bits per heavy atom. The van der Waals surface area contributed by atoms with Gasteiger partial charge in [0.15, 0.2) is 0 Å². The van der Waals surface area contributed by atoms with Crippen LogP contribution >= 0.6 is 11.3 Å². The van der Waals surface area contributed by atoms with E-state index >= 15 is 0 Å².